The lowest BCUT2D eigenvalue weighted by Crippen LogP contribution is -2.46. The number of carbonyl (C=O) groups is 2. The number of fused-ring (bicyclic) bond motifs is 1. The second-order valence-corrected chi connectivity index (χ2v) is 10.4. The highest BCUT2D eigenvalue weighted by Gasteiger charge is 2.50. The number of nitrogens with one attached hydrogen (secondary N) is 1. The van der Waals surface area contributed by atoms with Crippen molar-refractivity contribution < 1.29 is 24.2 Å². The van der Waals surface area contributed by atoms with Gasteiger partial charge in [0.25, 0.3) is 5.91 Å². The Morgan fingerprint density at radius 3 is 2.63 bits per heavy atom. The van der Waals surface area contributed by atoms with Gasteiger partial charge in [-0.15, -0.1) is 0 Å². The molecule has 1 aromatic carbocycles. The number of ether oxygens (including phenoxy) is 2. The number of rotatable bonds is 9. The van der Waals surface area contributed by atoms with Crippen LogP contribution in [0.2, 0.25) is 0 Å². The molecule has 0 saturated heterocycles. The zero-order valence-electron chi connectivity index (χ0n) is 20.9. The lowest BCUT2D eigenvalue weighted by molar-refractivity contribution is 0.0220. The lowest BCUT2D eigenvalue weighted by atomic mass is 10.0. The third-order valence-corrected chi connectivity index (χ3v) is 6.58. The summed E-state index contributed by atoms with van der Waals surface area (Å²) in [6, 6.07) is 9.91. The molecule has 1 fully saturated rings. The van der Waals surface area contributed by atoms with E-state index in [0.29, 0.717) is 44.8 Å². The molecule has 1 aliphatic heterocycles. The first-order valence-electron chi connectivity index (χ1n) is 12.3. The first-order valence-corrected chi connectivity index (χ1v) is 12.3. The molecule has 35 heavy (non-hydrogen) atoms. The van der Waals surface area contributed by atoms with Crippen molar-refractivity contribution in [3.8, 4) is 0 Å². The highest BCUT2D eigenvalue weighted by Crippen LogP contribution is 2.45. The van der Waals surface area contributed by atoms with Crippen molar-refractivity contribution in [2.24, 2.45) is 0 Å². The largest absolute Gasteiger partial charge is 0.444 e. The minimum atomic E-state index is -0.592. The van der Waals surface area contributed by atoms with E-state index in [1.165, 1.54) is 0 Å². The van der Waals surface area contributed by atoms with E-state index in [4.69, 9.17) is 9.47 Å². The van der Waals surface area contributed by atoms with Crippen LogP contribution in [-0.2, 0) is 29.0 Å². The van der Waals surface area contributed by atoms with Gasteiger partial charge in [0, 0.05) is 42.9 Å². The molecule has 1 aliphatic carbocycles. The Morgan fingerprint density at radius 1 is 1.23 bits per heavy atom. The van der Waals surface area contributed by atoms with Gasteiger partial charge < -0.3 is 24.4 Å². The van der Waals surface area contributed by atoms with Crippen molar-refractivity contribution in [3.63, 3.8) is 0 Å². The Morgan fingerprint density at radius 2 is 1.97 bits per heavy atom. The summed E-state index contributed by atoms with van der Waals surface area (Å²) >= 11 is 0. The average molecular weight is 485 g/mol. The summed E-state index contributed by atoms with van der Waals surface area (Å²) in [6.45, 7) is 7.55. The maximum Gasteiger partial charge on any atom is 0.410 e. The van der Waals surface area contributed by atoms with Crippen molar-refractivity contribution in [1.82, 2.24) is 20.0 Å². The van der Waals surface area contributed by atoms with Crippen LogP contribution in [0.15, 0.2) is 30.3 Å². The Balaban J connectivity index is 1.47. The highest BCUT2D eigenvalue weighted by molar-refractivity contribution is 5.95. The summed E-state index contributed by atoms with van der Waals surface area (Å²) in [5.41, 5.74) is 2.06. The SMILES string of the molecule is CC(C)(C)OC(=O)N1CCc2[nH]nc(C(=O)N(CCOCc3ccccc3)C3(CCO)CC3)c2C1. The predicted octanol–water partition coefficient (Wildman–Crippen LogP) is 3.28. The van der Waals surface area contributed by atoms with E-state index >= 15 is 0 Å². The van der Waals surface area contributed by atoms with Gasteiger partial charge >= 0.3 is 6.09 Å². The number of carbonyl (C=O) groups excluding carboxylic acids is 2. The molecule has 2 aliphatic rings. The molecule has 9 heteroatoms. The molecule has 0 atom stereocenters. The van der Waals surface area contributed by atoms with E-state index in [2.05, 4.69) is 10.2 Å². The van der Waals surface area contributed by atoms with E-state index in [1.54, 1.807) is 4.90 Å². The fraction of sp³-hybridized carbons (Fsp3) is 0.577. The number of hydrogen-bond donors (Lipinski definition) is 2. The van der Waals surface area contributed by atoms with Gasteiger partial charge in [0.1, 0.15) is 5.60 Å². The fourth-order valence-electron chi connectivity index (χ4n) is 4.56. The summed E-state index contributed by atoms with van der Waals surface area (Å²) in [5.74, 6) is -0.192. The number of benzene rings is 1. The molecular weight excluding hydrogens is 448 g/mol. The van der Waals surface area contributed by atoms with Gasteiger partial charge in [0.05, 0.1) is 19.8 Å². The van der Waals surface area contributed by atoms with Crippen LogP contribution in [0, 0.1) is 0 Å². The molecule has 0 spiro atoms. The van der Waals surface area contributed by atoms with Crippen molar-refractivity contribution in [2.75, 3.05) is 26.3 Å². The quantitative estimate of drug-likeness (QED) is 0.529. The van der Waals surface area contributed by atoms with Gasteiger partial charge in [0.15, 0.2) is 5.69 Å². The normalized spacial score (nSPS) is 16.5. The first kappa shape index (κ1) is 25.2. The van der Waals surface area contributed by atoms with Crippen LogP contribution >= 0.6 is 0 Å². The van der Waals surface area contributed by atoms with E-state index in [9.17, 15) is 14.7 Å². The van der Waals surface area contributed by atoms with E-state index in [1.807, 2.05) is 56.0 Å². The molecule has 0 radical (unpaired) electrons. The average Bonchev–Trinajstić information content (AvgIpc) is 3.46. The molecule has 1 saturated carbocycles. The molecule has 2 amide bonds. The standard InChI is InChI=1S/C26H36N4O5/c1-25(2,3)35-24(33)29-13-9-21-20(17-29)22(28-27-21)23(32)30(26(10-11-26)12-15-31)14-16-34-18-19-7-5-4-6-8-19/h4-8,31H,9-18H2,1-3H3,(H,27,28). The fourth-order valence-corrected chi connectivity index (χ4v) is 4.56. The molecule has 4 rings (SSSR count). The molecule has 2 aromatic rings. The van der Waals surface area contributed by atoms with Gasteiger partial charge in [0.2, 0.25) is 0 Å². The molecule has 0 bridgehead atoms. The second-order valence-electron chi connectivity index (χ2n) is 10.4. The van der Waals surface area contributed by atoms with Crippen LogP contribution in [-0.4, -0.2) is 74.5 Å². The highest BCUT2D eigenvalue weighted by atomic mass is 16.6. The molecule has 0 unspecified atom stereocenters. The van der Waals surface area contributed by atoms with Crippen LogP contribution in [0.25, 0.3) is 0 Å². The number of aliphatic hydroxyl groups excluding tert-OH is 1. The number of aromatic nitrogens is 2. The van der Waals surface area contributed by atoms with Crippen molar-refractivity contribution >= 4 is 12.0 Å². The number of amides is 2. The molecule has 190 valence electrons. The van der Waals surface area contributed by atoms with Crippen molar-refractivity contribution in [2.45, 2.75) is 70.7 Å². The number of nitrogens with zero attached hydrogens (tertiary/aromatic N) is 3. The molecule has 9 nitrogen and oxygen atoms in total. The minimum Gasteiger partial charge on any atom is -0.444 e. The van der Waals surface area contributed by atoms with Gasteiger partial charge in [-0.2, -0.15) is 5.10 Å². The Kier molecular flexibility index (Phi) is 7.47. The molecular formula is C26H36N4O5. The first-order chi connectivity index (χ1) is 16.7. The summed E-state index contributed by atoms with van der Waals surface area (Å²) in [6.07, 6.45) is 2.39. The summed E-state index contributed by atoms with van der Waals surface area (Å²) < 4.78 is 11.4. The molecule has 1 aromatic heterocycles. The minimum absolute atomic E-state index is 0.0136. The van der Waals surface area contributed by atoms with Crippen LogP contribution < -0.4 is 0 Å². The van der Waals surface area contributed by atoms with Crippen LogP contribution in [0.3, 0.4) is 0 Å². The Hall–Kier alpha value is -2.91. The van der Waals surface area contributed by atoms with E-state index < -0.39 is 11.7 Å². The number of hydrogen-bond acceptors (Lipinski definition) is 6. The molecule has 2 heterocycles. The number of H-pyrrole nitrogens is 1. The predicted molar refractivity (Wildman–Crippen MR) is 130 cm³/mol. The number of aromatic amines is 1. The Labute approximate surface area is 206 Å². The summed E-state index contributed by atoms with van der Waals surface area (Å²) in [5, 5.41) is 17.0. The summed E-state index contributed by atoms with van der Waals surface area (Å²) in [4.78, 5) is 29.9. The van der Waals surface area contributed by atoms with Gasteiger partial charge in [-0.3, -0.25) is 9.89 Å². The lowest BCUT2D eigenvalue weighted by Gasteiger charge is -2.33. The van der Waals surface area contributed by atoms with Crippen molar-refractivity contribution in [1.29, 1.82) is 0 Å². The monoisotopic (exact) mass is 484 g/mol. The van der Waals surface area contributed by atoms with Crippen LogP contribution in [0.1, 0.15) is 67.3 Å². The van der Waals surface area contributed by atoms with Gasteiger partial charge in [-0.1, -0.05) is 30.3 Å². The third kappa shape index (κ3) is 6.02. The molecule has 2 N–H and O–H groups in total. The van der Waals surface area contributed by atoms with Crippen LogP contribution in [0.5, 0.6) is 0 Å². The zero-order valence-corrected chi connectivity index (χ0v) is 20.9. The maximum absolute atomic E-state index is 13.8. The van der Waals surface area contributed by atoms with E-state index in [0.717, 1.165) is 29.7 Å². The second kappa shape index (κ2) is 10.4. The van der Waals surface area contributed by atoms with Crippen LogP contribution in [0.4, 0.5) is 4.79 Å². The zero-order chi connectivity index (χ0) is 25.1. The van der Waals surface area contributed by atoms with Gasteiger partial charge in [-0.25, -0.2) is 4.79 Å². The number of aliphatic hydroxyl groups is 1. The maximum atomic E-state index is 13.8. The van der Waals surface area contributed by atoms with Gasteiger partial charge in [-0.05, 0) is 45.6 Å². The summed E-state index contributed by atoms with van der Waals surface area (Å²) in [7, 11) is 0. The third-order valence-electron chi connectivity index (χ3n) is 6.58. The topological polar surface area (TPSA) is 108 Å². The van der Waals surface area contributed by atoms with E-state index in [-0.39, 0.29) is 24.6 Å². The Bertz CT molecular complexity index is 1030. The smallest absolute Gasteiger partial charge is 0.410 e. The van der Waals surface area contributed by atoms with Crippen molar-refractivity contribution in [3.05, 3.63) is 52.8 Å².